The average molecular weight is 319 g/mol. The quantitative estimate of drug-likeness (QED) is 0.767. The molecule has 1 fully saturated rings. The number of rotatable bonds is 4. The van der Waals surface area contributed by atoms with Gasteiger partial charge in [-0.25, -0.2) is 4.98 Å². The van der Waals surface area contributed by atoms with Gasteiger partial charge in [-0.3, -0.25) is 4.79 Å². The van der Waals surface area contributed by atoms with E-state index < -0.39 is 0 Å². The maximum absolute atomic E-state index is 13.0. The summed E-state index contributed by atoms with van der Waals surface area (Å²) in [6.07, 6.45) is 2.92. The second-order valence-electron chi connectivity index (χ2n) is 6.64. The van der Waals surface area contributed by atoms with Gasteiger partial charge in [0.1, 0.15) is 5.82 Å². The minimum Gasteiger partial charge on any atom is -0.346 e. The molecule has 1 aromatic heterocycles. The molecule has 2 N–H and O–H groups in total. The van der Waals surface area contributed by atoms with Crippen molar-refractivity contribution < 1.29 is 4.79 Å². The highest BCUT2D eigenvalue weighted by molar-refractivity contribution is 5.89. The molecule has 1 amide bonds. The normalized spacial score (nSPS) is 17.2. The number of nitrogens with zero attached hydrogens (tertiary/aromatic N) is 1. The summed E-state index contributed by atoms with van der Waals surface area (Å²) in [6.45, 7) is 1.98. The molecule has 4 rings (SSSR count). The van der Waals surface area contributed by atoms with Gasteiger partial charge in [0.15, 0.2) is 0 Å². The minimum absolute atomic E-state index is 0.105. The smallest absolute Gasteiger partial charge is 0.231 e. The number of nitrogens with one attached hydrogen (secondary N) is 2. The number of para-hydroxylation sites is 2. The van der Waals surface area contributed by atoms with Gasteiger partial charge in [-0.05, 0) is 37.5 Å². The van der Waals surface area contributed by atoms with Crippen LogP contribution in [0.25, 0.3) is 11.0 Å². The molecule has 2 aromatic carbocycles. The summed E-state index contributed by atoms with van der Waals surface area (Å²) in [7, 11) is 0. The Morgan fingerprint density at radius 1 is 1.12 bits per heavy atom. The van der Waals surface area contributed by atoms with Gasteiger partial charge >= 0.3 is 0 Å². The summed E-state index contributed by atoms with van der Waals surface area (Å²) >= 11 is 0. The van der Waals surface area contributed by atoms with Crippen LogP contribution in [0.5, 0.6) is 0 Å². The zero-order valence-corrected chi connectivity index (χ0v) is 13.8. The van der Waals surface area contributed by atoms with Crippen molar-refractivity contribution in [3.8, 4) is 0 Å². The molecule has 0 bridgehead atoms. The van der Waals surface area contributed by atoms with Gasteiger partial charge in [-0.15, -0.1) is 0 Å². The van der Waals surface area contributed by atoms with Crippen LogP contribution in [0.3, 0.4) is 0 Å². The van der Waals surface area contributed by atoms with Crippen molar-refractivity contribution in [2.75, 3.05) is 0 Å². The highest BCUT2D eigenvalue weighted by Gasteiger charge is 2.45. The monoisotopic (exact) mass is 319 g/mol. The highest BCUT2D eigenvalue weighted by atomic mass is 16.2. The minimum atomic E-state index is -0.373. The van der Waals surface area contributed by atoms with Crippen molar-refractivity contribution in [3.05, 3.63) is 66.0 Å². The summed E-state index contributed by atoms with van der Waals surface area (Å²) in [4.78, 5) is 20.9. The number of amides is 1. The first kappa shape index (κ1) is 14.9. The maximum atomic E-state index is 13.0. The molecule has 122 valence electrons. The SMILES string of the molecule is CC(NC(=O)C1(c2ccccc2)CCC1)c1nc2ccccc2[nH]1. The largest absolute Gasteiger partial charge is 0.346 e. The van der Waals surface area contributed by atoms with Crippen molar-refractivity contribution in [2.45, 2.75) is 37.6 Å². The van der Waals surface area contributed by atoms with E-state index in [2.05, 4.69) is 27.4 Å². The fourth-order valence-electron chi connectivity index (χ4n) is 3.52. The summed E-state index contributed by atoms with van der Waals surface area (Å²) in [6, 6.07) is 17.9. The van der Waals surface area contributed by atoms with Crippen LogP contribution in [0, 0.1) is 0 Å². The molecular formula is C20H21N3O. The van der Waals surface area contributed by atoms with E-state index in [1.54, 1.807) is 0 Å². The molecule has 4 heteroatoms. The summed E-state index contributed by atoms with van der Waals surface area (Å²) in [5, 5.41) is 3.17. The predicted octanol–water partition coefficient (Wildman–Crippen LogP) is 3.86. The van der Waals surface area contributed by atoms with Crippen LogP contribution in [0.15, 0.2) is 54.6 Å². The Kier molecular flexibility index (Phi) is 3.60. The number of benzene rings is 2. The van der Waals surface area contributed by atoms with Crippen molar-refractivity contribution in [2.24, 2.45) is 0 Å². The lowest BCUT2D eigenvalue weighted by molar-refractivity contribution is -0.130. The lowest BCUT2D eigenvalue weighted by atomic mass is 9.63. The van der Waals surface area contributed by atoms with Gasteiger partial charge in [-0.2, -0.15) is 0 Å². The zero-order chi connectivity index (χ0) is 16.6. The Morgan fingerprint density at radius 2 is 1.83 bits per heavy atom. The third kappa shape index (κ3) is 2.39. The van der Waals surface area contributed by atoms with E-state index in [9.17, 15) is 4.79 Å². The second-order valence-corrected chi connectivity index (χ2v) is 6.64. The van der Waals surface area contributed by atoms with E-state index in [1.807, 2.05) is 49.4 Å². The van der Waals surface area contributed by atoms with Crippen LogP contribution in [-0.4, -0.2) is 15.9 Å². The molecule has 1 unspecified atom stereocenters. The van der Waals surface area contributed by atoms with Gasteiger partial charge < -0.3 is 10.3 Å². The molecule has 1 saturated carbocycles. The molecule has 1 aliphatic carbocycles. The third-order valence-corrected chi connectivity index (χ3v) is 5.13. The van der Waals surface area contributed by atoms with E-state index in [-0.39, 0.29) is 17.4 Å². The topological polar surface area (TPSA) is 57.8 Å². The van der Waals surface area contributed by atoms with Gasteiger partial charge in [0, 0.05) is 0 Å². The Labute approximate surface area is 141 Å². The van der Waals surface area contributed by atoms with Crippen LogP contribution >= 0.6 is 0 Å². The van der Waals surface area contributed by atoms with E-state index in [4.69, 9.17) is 0 Å². The van der Waals surface area contributed by atoms with Crippen LogP contribution < -0.4 is 5.32 Å². The molecule has 1 heterocycles. The van der Waals surface area contributed by atoms with E-state index >= 15 is 0 Å². The van der Waals surface area contributed by atoms with E-state index in [0.29, 0.717) is 0 Å². The fraction of sp³-hybridized carbons (Fsp3) is 0.300. The summed E-state index contributed by atoms with van der Waals surface area (Å²) < 4.78 is 0. The number of H-pyrrole nitrogens is 1. The zero-order valence-electron chi connectivity index (χ0n) is 13.8. The van der Waals surface area contributed by atoms with E-state index in [1.165, 1.54) is 0 Å². The first-order valence-corrected chi connectivity index (χ1v) is 8.50. The Morgan fingerprint density at radius 3 is 2.50 bits per heavy atom. The summed E-state index contributed by atoms with van der Waals surface area (Å²) in [5.74, 6) is 0.903. The van der Waals surface area contributed by atoms with Gasteiger partial charge in [0.2, 0.25) is 5.91 Å². The number of aromatic nitrogens is 2. The standard InChI is InChI=1S/C20H21N3O/c1-14(18-22-16-10-5-6-11-17(16)23-18)21-19(24)20(12-7-13-20)15-8-3-2-4-9-15/h2-6,8-11,14H,7,12-13H2,1H3,(H,21,24)(H,22,23). The van der Waals surface area contributed by atoms with Crippen molar-refractivity contribution in [1.82, 2.24) is 15.3 Å². The number of hydrogen-bond donors (Lipinski definition) is 2. The predicted molar refractivity (Wildman–Crippen MR) is 94.6 cm³/mol. The molecule has 0 saturated heterocycles. The van der Waals surface area contributed by atoms with Crippen LogP contribution in [0.2, 0.25) is 0 Å². The van der Waals surface area contributed by atoms with Crippen molar-refractivity contribution in [3.63, 3.8) is 0 Å². The van der Waals surface area contributed by atoms with Crippen molar-refractivity contribution >= 4 is 16.9 Å². The second kappa shape index (κ2) is 5.78. The molecule has 4 nitrogen and oxygen atoms in total. The van der Waals surface area contributed by atoms with E-state index in [0.717, 1.165) is 41.7 Å². The number of hydrogen-bond acceptors (Lipinski definition) is 2. The van der Waals surface area contributed by atoms with Gasteiger partial charge in [0.05, 0.1) is 22.5 Å². The third-order valence-electron chi connectivity index (χ3n) is 5.13. The lowest BCUT2D eigenvalue weighted by Gasteiger charge is -2.41. The lowest BCUT2D eigenvalue weighted by Crippen LogP contribution is -2.49. The molecule has 1 atom stereocenters. The molecule has 0 radical (unpaired) electrons. The van der Waals surface area contributed by atoms with Crippen molar-refractivity contribution in [1.29, 1.82) is 0 Å². The molecule has 24 heavy (non-hydrogen) atoms. The Balaban J connectivity index is 1.56. The number of fused-ring (bicyclic) bond motifs is 1. The van der Waals surface area contributed by atoms with Crippen LogP contribution in [0.1, 0.15) is 43.6 Å². The number of aromatic amines is 1. The first-order valence-electron chi connectivity index (χ1n) is 8.50. The first-order chi connectivity index (χ1) is 11.7. The number of carbonyl (C=O) groups excluding carboxylic acids is 1. The maximum Gasteiger partial charge on any atom is 0.231 e. The molecule has 0 aliphatic heterocycles. The average Bonchev–Trinajstić information content (AvgIpc) is 2.99. The van der Waals surface area contributed by atoms with Gasteiger partial charge in [-0.1, -0.05) is 48.9 Å². The number of imidazole rings is 1. The Bertz CT molecular complexity index is 832. The number of carbonyl (C=O) groups is 1. The molecule has 1 aliphatic rings. The highest BCUT2D eigenvalue weighted by Crippen LogP contribution is 2.44. The molecule has 3 aromatic rings. The molecule has 0 spiro atoms. The molecular weight excluding hydrogens is 298 g/mol. The van der Waals surface area contributed by atoms with Crippen LogP contribution in [0.4, 0.5) is 0 Å². The van der Waals surface area contributed by atoms with Crippen LogP contribution in [-0.2, 0) is 10.2 Å². The summed E-state index contributed by atoms with van der Waals surface area (Å²) in [5.41, 5.74) is 2.66. The Hall–Kier alpha value is -2.62. The van der Waals surface area contributed by atoms with Gasteiger partial charge in [0.25, 0.3) is 0 Å². The fourth-order valence-corrected chi connectivity index (χ4v) is 3.52.